The van der Waals surface area contributed by atoms with E-state index in [-0.39, 0.29) is 13.0 Å². The van der Waals surface area contributed by atoms with Crippen molar-refractivity contribution in [3.05, 3.63) is 0 Å². The van der Waals surface area contributed by atoms with Gasteiger partial charge in [-0.1, -0.05) is 0 Å². The van der Waals surface area contributed by atoms with Crippen molar-refractivity contribution in [1.82, 2.24) is 0 Å². The zero-order valence-corrected chi connectivity index (χ0v) is 12.5. The minimum Gasteiger partial charge on any atom is -0.463 e. The highest BCUT2D eigenvalue weighted by Crippen LogP contribution is 2.26. The predicted octanol–water partition coefficient (Wildman–Crippen LogP) is 0.174. The summed E-state index contributed by atoms with van der Waals surface area (Å²) in [5.41, 5.74) is 0. The Morgan fingerprint density at radius 1 is 1.05 bits per heavy atom. The molecule has 1 unspecified atom stereocenters. The van der Waals surface area contributed by atoms with Crippen LogP contribution in [0.2, 0.25) is 0 Å². The quantitative estimate of drug-likeness (QED) is 0.524. The van der Waals surface area contributed by atoms with Crippen molar-refractivity contribution in [3.8, 4) is 0 Å². The summed E-state index contributed by atoms with van der Waals surface area (Å²) < 4.78 is 25.8. The average Bonchev–Trinajstić information content (AvgIpc) is 2.37. The molecule has 0 aromatic rings. The molecule has 0 bridgehead atoms. The van der Waals surface area contributed by atoms with Gasteiger partial charge in [0.1, 0.15) is 18.8 Å². The van der Waals surface area contributed by atoms with Crippen LogP contribution in [0.15, 0.2) is 0 Å². The van der Waals surface area contributed by atoms with Gasteiger partial charge in [-0.15, -0.1) is 0 Å². The number of carbonyl (C=O) groups excluding carboxylic acids is 3. The maximum absolute atomic E-state index is 11.2. The Bertz CT molecular complexity index is 394. The number of hydrogen-bond donors (Lipinski definition) is 0. The minimum absolute atomic E-state index is 0.134. The van der Waals surface area contributed by atoms with Crippen molar-refractivity contribution in [1.29, 1.82) is 0 Å². The Kier molecular flexibility index (Phi) is 6.57. The highest BCUT2D eigenvalue weighted by Gasteiger charge is 2.43. The predicted molar refractivity (Wildman–Crippen MR) is 68.0 cm³/mol. The first-order chi connectivity index (χ1) is 9.83. The summed E-state index contributed by atoms with van der Waals surface area (Å²) in [4.78, 5) is 33.3. The second-order valence-electron chi connectivity index (χ2n) is 4.60. The third-order valence-electron chi connectivity index (χ3n) is 2.82. The SMILES string of the molecule is COC1C[C@@H](OC(C)=O)[C@H](OC(C)=O)[C@@H](COC(C)=O)O1. The molecule has 0 saturated carbocycles. The van der Waals surface area contributed by atoms with Crippen LogP contribution in [0, 0.1) is 0 Å². The van der Waals surface area contributed by atoms with E-state index in [0.717, 1.165) is 0 Å². The molecule has 1 aliphatic heterocycles. The van der Waals surface area contributed by atoms with Crippen molar-refractivity contribution >= 4 is 17.9 Å². The maximum Gasteiger partial charge on any atom is 0.303 e. The van der Waals surface area contributed by atoms with Gasteiger partial charge in [0, 0.05) is 34.3 Å². The van der Waals surface area contributed by atoms with Crippen molar-refractivity contribution in [3.63, 3.8) is 0 Å². The lowest BCUT2D eigenvalue weighted by Gasteiger charge is -2.39. The first-order valence-corrected chi connectivity index (χ1v) is 6.49. The van der Waals surface area contributed by atoms with E-state index in [1.807, 2.05) is 0 Å². The lowest BCUT2D eigenvalue weighted by atomic mass is 10.0. The van der Waals surface area contributed by atoms with Gasteiger partial charge in [-0.3, -0.25) is 14.4 Å². The molecule has 0 aliphatic carbocycles. The zero-order chi connectivity index (χ0) is 16.0. The van der Waals surface area contributed by atoms with Gasteiger partial charge in [-0.25, -0.2) is 0 Å². The van der Waals surface area contributed by atoms with Crippen LogP contribution >= 0.6 is 0 Å². The smallest absolute Gasteiger partial charge is 0.303 e. The van der Waals surface area contributed by atoms with Gasteiger partial charge in [0.25, 0.3) is 0 Å². The Labute approximate surface area is 122 Å². The number of ether oxygens (including phenoxy) is 5. The van der Waals surface area contributed by atoms with E-state index in [9.17, 15) is 14.4 Å². The molecule has 1 fully saturated rings. The average molecular weight is 304 g/mol. The van der Waals surface area contributed by atoms with Crippen LogP contribution in [0.25, 0.3) is 0 Å². The summed E-state index contributed by atoms with van der Waals surface area (Å²) in [6.45, 7) is 3.60. The number of methoxy groups -OCH3 is 1. The van der Waals surface area contributed by atoms with Crippen LogP contribution in [0.4, 0.5) is 0 Å². The lowest BCUT2D eigenvalue weighted by Crippen LogP contribution is -2.54. The van der Waals surface area contributed by atoms with Gasteiger partial charge in [-0.05, 0) is 0 Å². The molecule has 1 aliphatic rings. The van der Waals surface area contributed by atoms with E-state index in [4.69, 9.17) is 23.7 Å². The van der Waals surface area contributed by atoms with Crippen LogP contribution in [-0.4, -0.2) is 56.2 Å². The first-order valence-electron chi connectivity index (χ1n) is 6.49. The molecular weight excluding hydrogens is 284 g/mol. The molecule has 0 amide bonds. The molecule has 4 atom stereocenters. The van der Waals surface area contributed by atoms with Crippen molar-refractivity contribution in [2.45, 2.75) is 51.8 Å². The van der Waals surface area contributed by atoms with E-state index in [2.05, 4.69) is 0 Å². The maximum atomic E-state index is 11.2. The minimum atomic E-state index is -0.864. The fourth-order valence-corrected chi connectivity index (χ4v) is 2.05. The molecule has 21 heavy (non-hydrogen) atoms. The Morgan fingerprint density at radius 2 is 1.67 bits per heavy atom. The number of hydrogen-bond acceptors (Lipinski definition) is 8. The van der Waals surface area contributed by atoms with Crippen LogP contribution in [-0.2, 0) is 38.1 Å². The van der Waals surface area contributed by atoms with E-state index >= 15 is 0 Å². The molecule has 120 valence electrons. The van der Waals surface area contributed by atoms with Crippen molar-refractivity contribution < 1.29 is 38.1 Å². The van der Waals surface area contributed by atoms with Gasteiger partial charge < -0.3 is 23.7 Å². The van der Waals surface area contributed by atoms with Gasteiger partial charge in [0.2, 0.25) is 0 Å². The van der Waals surface area contributed by atoms with Gasteiger partial charge >= 0.3 is 17.9 Å². The van der Waals surface area contributed by atoms with Crippen molar-refractivity contribution in [2.75, 3.05) is 13.7 Å². The van der Waals surface area contributed by atoms with Crippen molar-refractivity contribution in [2.24, 2.45) is 0 Å². The third-order valence-corrected chi connectivity index (χ3v) is 2.82. The zero-order valence-electron chi connectivity index (χ0n) is 12.5. The second-order valence-corrected chi connectivity index (χ2v) is 4.60. The molecular formula is C13H20O8. The Morgan fingerprint density at radius 3 is 2.14 bits per heavy atom. The number of esters is 3. The molecule has 8 nitrogen and oxygen atoms in total. The second kappa shape index (κ2) is 7.94. The molecule has 0 radical (unpaired) electrons. The molecule has 0 spiro atoms. The third kappa shape index (κ3) is 5.68. The highest BCUT2D eigenvalue weighted by molar-refractivity contribution is 5.67. The largest absolute Gasteiger partial charge is 0.463 e. The van der Waals surface area contributed by atoms with Crippen LogP contribution in [0.1, 0.15) is 27.2 Å². The Hall–Kier alpha value is -1.67. The summed E-state index contributed by atoms with van der Waals surface area (Å²) >= 11 is 0. The molecule has 0 aromatic carbocycles. The Balaban J connectivity index is 2.87. The lowest BCUT2D eigenvalue weighted by molar-refractivity contribution is -0.259. The van der Waals surface area contributed by atoms with Crippen LogP contribution in [0.3, 0.4) is 0 Å². The molecule has 8 heteroatoms. The van der Waals surface area contributed by atoms with E-state index < -0.39 is 42.5 Å². The van der Waals surface area contributed by atoms with E-state index in [1.54, 1.807) is 0 Å². The molecule has 0 N–H and O–H groups in total. The van der Waals surface area contributed by atoms with Gasteiger partial charge in [0.05, 0.1) is 0 Å². The summed E-state index contributed by atoms with van der Waals surface area (Å²) in [6, 6.07) is 0. The summed E-state index contributed by atoms with van der Waals surface area (Å²) in [6.07, 6.45) is -2.81. The number of rotatable bonds is 5. The molecule has 1 rings (SSSR count). The molecule has 1 saturated heterocycles. The number of carbonyl (C=O) groups is 3. The first kappa shape index (κ1) is 17.4. The van der Waals surface area contributed by atoms with E-state index in [1.165, 1.54) is 27.9 Å². The topological polar surface area (TPSA) is 97.4 Å². The summed E-state index contributed by atoms with van der Waals surface area (Å²) in [5.74, 6) is -1.56. The normalized spacial score (nSPS) is 28.6. The monoisotopic (exact) mass is 304 g/mol. The molecule has 1 heterocycles. The molecule has 0 aromatic heterocycles. The van der Waals surface area contributed by atoms with Crippen LogP contribution < -0.4 is 0 Å². The summed E-state index contributed by atoms with van der Waals surface area (Å²) in [7, 11) is 1.44. The fraction of sp³-hybridized carbons (Fsp3) is 0.769. The highest BCUT2D eigenvalue weighted by atomic mass is 16.7. The van der Waals surface area contributed by atoms with Gasteiger partial charge in [-0.2, -0.15) is 0 Å². The van der Waals surface area contributed by atoms with E-state index in [0.29, 0.717) is 0 Å². The van der Waals surface area contributed by atoms with Crippen LogP contribution in [0.5, 0.6) is 0 Å². The fourth-order valence-electron chi connectivity index (χ4n) is 2.05. The van der Waals surface area contributed by atoms with Gasteiger partial charge in [0.15, 0.2) is 12.4 Å². The standard InChI is InChI=1S/C13H20O8/c1-7(14)18-6-11-13(20-9(3)16)10(19-8(2)15)5-12(17-4)21-11/h10-13H,5-6H2,1-4H3/t10-,11-,12?,13+/m1/s1. The summed E-state index contributed by atoms with van der Waals surface area (Å²) in [5, 5.41) is 0.